The highest BCUT2D eigenvalue weighted by atomic mass is 19.1. The second-order valence-corrected chi connectivity index (χ2v) is 4.60. The summed E-state index contributed by atoms with van der Waals surface area (Å²) in [4.78, 5) is 12.1. The normalized spacial score (nSPS) is 10.2. The number of benzene rings is 2. The summed E-state index contributed by atoms with van der Waals surface area (Å²) in [7, 11) is 0. The van der Waals surface area contributed by atoms with Gasteiger partial charge in [0, 0.05) is 11.4 Å². The van der Waals surface area contributed by atoms with Crippen molar-refractivity contribution in [3.8, 4) is 5.75 Å². The standard InChI is InChI=1S/C16H17FN2O2/c1-3-21-12-5-7-15(10(2)8-12)19-16(20)13-9-11(18)4-6-14(13)17/h4-9H,3,18H2,1-2H3,(H,19,20). The van der Waals surface area contributed by atoms with Crippen molar-refractivity contribution >= 4 is 17.3 Å². The molecule has 0 atom stereocenters. The van der Waals surface area contributed by atoms with E-state index < -0.39 is 11.7 Å². The molecule has 2 aromatic carbocycles. The summed E-state index contributed by atoms with van der Waals surface area (Å²) in [5.74, 6) is -0.416. The molecule has 0 radical (unpaired) electrons. The van der Waals surface area contributed by atoms with Gasteiger partial charge in [0.15, 0.2) is 0 Å². The van der Waals surface area contributed by atoms with Gasteiger partial charge in [0.05, 0.1) is 12.2 Å². The van der Waals surface area contributed by atoms with E-state index in [1.54, 1.807) is 12.1 Å². The molecule has 1 amide bonds. The van der Waals surface area contributed by atoms with E-state index in [1.165, 1.54) is 18.2 Å². The van der Waals surface area contributed by atoms with Crippen LogP contribution in [0.3, 0.4) is 0 Å². The van der Waals surface area contributed by atoms with Crippen molar-refractivity contribution in [2.75, 3.05) is 17.7 Å². The van der Waals surface area contributed by atoms with Gasteiger partial charge < -0.3 is 15.8 Å². The zero-order chi connectivity index (χ0) is 15.4. The Kier molecular flexibility index (Phi) is 4.42. The molecule has 0 aliphatic rings. The molecule has 0 bridgehead atoms. The van der Waals surface area contributed by atoms with E-state index in [0.717, 1.165) is 11.3 Å². The largest absolute Gasteiger partial charge is 0.494 e. The van der Waals surface area contributed by atoms with Crippen LogP contribution in [0.2, 0.25) is 0 Å². The predicted molar refractivity (Wildman–Crippen MR) is 81.1 cm³/mol. The quantitative estimate of drug-likeness (QED) is 0.848. The van der Waals surface area contributed by atoms with Crippen molar-refractivity contribution in [1.29, 1.82) is 0 Å². The van der Waals surface area contributed by atoms with Crippen LogP contribution in [0.15, 0.2) is 36.4 Å². The van der Waals surface area contributed by atoms with Crippen LogP contribution in [0, 0.1) is 12.7 Å². The molecule has 21 heavy (non-hydrogen) atoms. The first-order valence-electron chi connectivity index (χ1n) is 6.61. The summed E-state index contributed by atoms with van der Waals surface area (Å²) in [6, 6.07) is 9.19. The molecule has 0 saturated carbocycles. The second-order valence-electron chi connectivity index (χ2n) is 4.60. The summed E-state index contributed by atoms with van der Waals surface area (Å²) in [6.07, 6.45) is 0. The first-order valence-corrected chi connectivity index (χ1v) is 6.61. The molecule has 0 saturated heterocycles. The molecule has 0 heterocycles. The number of nitrogen functional groups attached to an aromatic ring is 1. The SMILES string of the molecule is CCOc1ccc(NC(=O)c2cc(N)ccc2F)c(C)c1. The lowest BCUT2D eigenvalue weighted by atomic mass is 10.1. The zero-order valence-electron chi connectivity index (χ0n) is 11.9. The fourth-order valence-corrected chi connectivity index (χ4v) is 1.94. The average molecular weight is 288 g/mol. The van der Waals surface area contributed by atoms with Gasteiger partial charge in [0.1, 0.15) is 11.6 Å². The first-order chi connectivity index (χ1) is 10.0. The maximum atomic E-state index is 13.7. The van der Waals surface area contributed by atoms with Gasteiger partial charge in [0.2, 0.25) is 0 Å². The Bertz CT molecular complexity index is 671. The van der Waals surface area contributed by atoms with E-state index in [9.17, 15) is 9.18 Å². The van der Waals surface area contributed by atoms with E-state index in [1.807, 2.05) is 19.9 Å². The molecule has 0 spiro atoms. The Morgan fingerprint density at radius 1 is 1.29 bits per heavy atom. The average Bonchev–Trinajstić information content (AvgIpc) is 2.44. The number of aryl methyl sites for hydroxylation is 1. The number of hydrogen-bond acceptors (Lipinski definition) is 3. The molecule has 0 unspecified atom stereocenters. The monoisotopic (exact) mass is 288 g/mol. The fourth-order valence-electron chi connectivity index (χ4n) is 1.94. The number of carbonyl (C=O) groups is 1. The third-order valence-corrected chi connectivity index (χ3v) is 2.99. The molecule has 110 valence electrons. The van der Waals surface area contributed by atoms with Gasteiger partial charge in [-0.25, -0.2) is 4.39 Å². The Morgan fingerprint density at radius 2 is 2.05 bits per heavy atom. The Balaban J connectivity index is 2.21. The molecular formula is C16H17FN2O2. The second kappa shape index (κ2) is 6.26. The van der Waals surface area contributed by atoms with Crippen molar-refractivity contribution in [3.63, 3.8) is 0 Å². The number of anilines is 2. The number of halogens is 1. The summed E-state index contributed by atoms with van der Waals surface area (Å²) >= 11 is 0. The van der Waals surface area contributed by atoms with Gasteiger partial charge in [-0.2, -0.15) is 0 Å². The smallest absolute Gasteiger partial charge is 0.258 e. The molecular weight excluding hydrogens is 271 g/mol. The van der Waals surface area contributed by atoms with E-state index in [4.69, 9.17) is 10.5 Å². The highest BCUT2D eigenvalue weighted by Gasteiger charge is 2.13. The number of nitrogens with one attached hydrogen (secondary N) is 1. The highest BCUT2D eigenvalue weighted by molar-refractivity contribution is 6.05. The van der Waals surface area contributed by atoms with Gasteiger partial charge in [-0.1, -0.05) is 0 Å². The summed E-state index contributed by atoms with van der Waals surface area (Å²) in [5.41, 5.74) is 7.27. The van der Waals surface area contributed by atoms with Crippen LogP contribution in [0.25, 0.3) is 0 Å². The minimum atomic E-state index is -0.606. The van der Waals surface area contributed by atoms with Crippen LogP contribution in [-0.4, -0.2) is 12.5 Å². The van der Waals surface area contributed by atoms with E-state index in [0.29, 0.717) is 18.0 Å². The maximum Gasteiger partial charge on any atom is 0.258 e. The molecule has 0 aliphatic heterocycles. The lowest BCUT2D eigenvalue weighted by Crippen LogP contribution is -2.15. The molecule has 0 aromatic heterocycles. The summed E-state index contributed by atoms with van der Waals surface area (Å²) in [5, 5.41) is 2.67. The maximum absolute atomic E-state index is 13.7. The number of nitrogens with two attached hydrogens (primary N) is 1. The predicted octanol–water partition coefficient (Wildman–Crippen LogP) is 3.37. The number of carbonyl (C=O) groups excluding carboxylic acids is 1. The third kappa shape index (κ3) is 3.51. The minimum absolute atomic E-state index is 0.0803. The summed E-state index contributed by atoms with van der Waals surface area (Å²) < 4.78 is 19.0. The Hall–Kier alpha value is -2.56. The molecule has 0 fully saturated rings. The topological polar surface area (TPSA) is 64.3 Å². The number of amides is 1. The first kappa shape index (κ1) is 14.8. The van der Waals surface area contributed by atoms with Crippen molar-refractivity contribution < 1.29 is 13.9 Å². The highest BCUT2D eigenvalue weighted by Crippen LogP contribution is 2.22. The molecule has 4 nitrogen and oxygen atoms in total. The fraction of sp³-hybridized carbons (Fsp3) is 0.188. The molecule has 5 heteroatoms. The lowest BCUT2D eigenvalue weighted by molar-refractivity contribution is 0.102. The van der Waals surface area contributed by atoms with Gasteiger partial charge in [-0.3, -0.25) is 4.79 Å². The van der Waals surface area contributed by atoms with Crippen molar-refractivity contribution in [2.24, 2.45) is 0 Å². The molecule has 0 aliphatic carbocycles. The van der Waals surface area contributed by atoms with Gasteiger partial charge in [0.25, 0.3) is 5.91 Å². The summed E-state index contributed by atoms with van der Waals surface area (Å²) in [6.45, 7) is 4.31. The number of ether oxygens (including phenoxy) is 1. The van der Waals surface area contributed by atoms with Crippen LogP contribution in [0.5, 0.6) is 5.75 Å². The van der Waals surface area contributed by atoms with Crippen molar-refractivity contribution in [1.82, 2.24) is 0 Å². The van der Waals surface area contributed by atoms with Gasteiger partial charge in [-0.15, -0.1) is 0 Å². The van der Waals surface area contributed by atoms with E-state index in [-0.39, 0.29) is 5.56 Å². The van der Waals surface area contributed by atoms with Crippen LogP contribution in [-0.2, 0) is 0 Å². The Morgan fingerprint density at radius 3 is 2.71 bits per heavy atom. The Labute approximate surface area is 122 Å². The van der Waals surface area contributed by atoms with Crippen molar-refractivity contribution in [3.05, 3.63) is 53.3 Å². The van der Waals surface area contributed by atoms with Gasteiger partial charge in [-0.05, 0) is 55.8 Å². The molecule has 2 aromatic rings. The van der Waals surface area contributed by atoms with Gasteiger partial charge >= 0.3 is 0 Å². The lowest BCUT2D eigenvalue weighted by Gasteiger charge is -2.11. The zero-order valence-corrected chi connectivity index (χ0v) is 11.9. The molecule has 3 N–H and O–H groups in total. The van der Waals surface area contributed by atoms with Crippen molar-refractivity contribution in [2.45, 2.75) is 13.8 Å². The van der Waals surface area contributed by atoms with Crippen LogP contribution < -0.4 is 15.8 Å². The van der Waals surface area contributed by atoms with Crippen LogP contribution in [0.4, 0.5) is 15.8 Å². The third-order valence-electron chi connectivity index (χ3n) is 2.99. The number of rotatable bonds is 4. The van der Waals surface area contributed by atoms with E-state index in [2.05, 4.69) is 5.32 Å². The van der Waals surface area contributed by atoms with E-state index >= 15 is 0 Å². The van der Waals surface area contributed by atoms with Crippen LogP contribution >= 0.6 is 0 Å². The minimum Gasteiger partial charge on any atom is -0.494 e. The van der Waals surface area contributed by atoms with Crippen LogP contribution in [0.1, 0.15) is 22.8 Å². The molecule has 2 rings (SSSR count). The number of hydrogen-bond donors (Lipinski definition) is 2.